The Kier molecular flexibility index (Phi) is 4.33. The zero-order chi connectivity index (χ0) is 12.1. The topological polar surface area (TPSA) is 77.4 Å². The first-order chi connectivity index (χ1) is 8.33. The van der Waals surface area contributed by atoms with Crippen LogP contribution in [0, 0.1) is 0 Å². The molecule has 1 saturated heterocycles. The van der Waals surface area contributed by atoms with Crippen molar-refractivity contribution in [2.45, 2.75) is 32.3 Å². The molecule has 0 amide bonds. The molecule has 0 saturated carbocycles. The predicted octanol–water partition coefficient (Wildman–Crippen LogP) is 0.576. The standard InChI is InChI=1S/C11H20N4O2/c1-2-15(8-9-4-3-7-16-9)11-14-13-10(17-11)5-6-12/h9H,2-8,12H2,1H3. The molecule has 2 rings (SSSR count). The third kappa shape index (κ3) is 3.17. The van der Waals surface area contributed by atoms with Gasteiger partial charge in [0.15, 0.2) is 0 Å². The van der Waals surface area contributed by atoms with Crippen molar-refractivity contribution >= 4 is 6.01 Å². The summed E-state index contributed by atoms with van der Waals surface area (Å²) in [6.45, 7) is 5.12. The Balaban J connectivity index is 1.95. The van der Waals surface area contributed by atoms with Gasteiger partial charge in [0.05, 0.1) is 6.10 Å². The average molecular weight is 240 g/mol. The van der Waals surface area contributed by atoms with Crippen molar-refractivity contribution in [1.29, 1.82) is 0 Å². The van der Waals surface area contributed by atoms with Crippen molar-refractivity contribution in [2.75, 3.05) is 31.1 Å². The van der Waals surface area contributed by atoms with Gasteiger partial charge in [-0.1, -0.05) is 5.10 Å². The summed E-state index contributed by atoms with van der Waals surface area (Å²) in [5.41, 5.74) is 5.45. The van der Waals surface area contributed by atoms with Crippen molar-refractivity contribution in [3.63, 3.8) is 0 Å². The Bertz CT molecular complexity index is 336. The minimum absolute atomic E-state index is 0.291. The third-order valence-corrected chi connectivity index (χ3v) is 2.91. The normalized spacial score (nSPS) is 19.8. The lowest BCUT2D eigenvalue weighted by Crippen LogP contribution is -2.32. The number of rotatable bonds is 6. The Hall–Kier alpha value is -1.14. The van der Waals surface area contributed by atoms with E-state index in [1.165, 1.54) is 0 Å². The van der Waals surface area contributed by atoms with Crippen LogP contribution in [0.5, 0.6) is 0 Å². The molecular weight excluding hydrogens is 220 g/mol. The maximum absolute atomic E-state index is 5.61. The molecule has 1 aromatic heterocycles. The molecule has 1 aliphatic rings. The molecule has 1 unspecified atom stereocenters. The van der Waals surface area contributed by atoms with Crippen LogP contribution in [0.3, 0.4) is 0 Å². The highest BCUT2D eigenvalue weighted by atomic mass is 16.5. The van der Waals surface area contributed by atoms with Gasteiger partial charge in [-0.15, -0.1) is 5.10 Å². The molecule has 6 heteroatoms. The first kappa shape index (κ1) is 12.3. The van der Waals surface area contributed by atoms with E-state index in [1.807, 2.05) is 0 Å². The van der Waals surface area contributed by atoms with E-state index in [2.05, 4.69) is 22.0 Å². The summed E-state index contributed by atoms with van der Waals surface area (Å²) in [6.07, 6.45) is 3.18. The molecule has 2 heterocycles. The van der Waals surface area contributed by atoms with Crippen LogP contribution in [0.15, 0.2) is 4.42 Å². The summed E-state index contributed by atoms with van der Waals surface area (Å²) in [5.74, 6) is 0.605. The largest absolute Gasteiger partial charge is 0.408 e. The molecule has 96 valence electrons. The second kappa shape index (κ2) is 5.97. The van der Waals surface area contributed by atoms with Crippen LogP contribution in [0.25, 0.3) is 0 Å². The molecule has 0 aromatic carbocycles. The lowest BCUT2D eigenvalue weighted by molar-refractivity contribution is 0.115. The molecule has 1 aliphatic heterocycles. The van der Waals surface area contributed by atoms with E-state index in [1.54, 1.807) is 0 Å². The summed E-state index contributed by atoms with van der Waals surface area (Å²) in [7, 11) is 0. The zero-order valence-electron chi connectivity index (χ0n) is 10.3. The number of nitrogens with two attached hydrogens (primary N) is 1. The van der Waals surface area contributed by atoms with Crippen LogP contribution >= 0.6 is 0 Å². The maximum atomic E-state index is 5.61. The van der Waals surface area contributed by atoms with Gasteiger partial charge in [-0.3, -0.25) is 0 Å². The van der Waals surface area contributed by atoms with Gasteiger partial charge in [0, 0.05) is 32.7 Å². The fourth-order valence-electron chi connectivity index (χ4n) is 1.97. The van der Waals surface area contributed by atoms with Gasteiger partial charge < -0.3 is 19.8 Å². The second-order valence-corrected chi connectivity index (χ2v) is 4.19. The van der Waals surface area contributed by atoms with E-state index >= 15 is 0 Å². The van der Waals surface area contributed by atoms with Crippen molar-refractivity contribution < 1.29 is 9.15 Å². The Morgan fingerprint density at radius 2 is 2.35 bits per heavy atom. The highest BCUT2D eigenvalue weighted by Crippen LogP contribution is 2.18. The van der Waals surface area contributed by atoms with Gasteiger partial charge in [-0.25, -0.2) is 0 Å². The predicted molar refractivity (Wildman–Crippen MR) is 63.9 cm³/mol. The number of anilines is 1. The fraction of sp³-hybridized carbons (Fsp3) is 0.818. The first-order valence-electron chi connectivity index (χ1n) is 6.22. The number of likely N-dealkylation sites (N-methyl/N-ethyl adjacent to an activating group) is 1. The van der Waals surface area contributed by atoms with Crippen molar-refractivity contribution in [1.82, 2.24) is 10.2 Å². The van der Waals surface area contributed by atoms with E-state index in [4.69, 9.17) is 14.9 Å². The van der Waals surface area contributed by atoms with Gasteiger partial charge in [-0.2, -0.15) is 0 Å². The molecule has 1 fully saturated rings. The van der Waals surface area contributed by atoms with Crippen molar-refractivity contribution in [2.24, 2.45) is 5.73 Å². The van der Waals surface area contributed by atoms with Crippen LogP contribution < -0.4 is 10.6 Å². The van der Waals surface area contributed by atoms with E-state index in [0.29, 0.717) is 31.0 Å². The van der Waals surface area contributed by atoms with E-state index in [9.17, 15) is 0 Å². The maximum Gasteiger partial charge on any atom is 0.318 e. The van der Waals surface area contributed by atoms with Crippen molar-refractivity contribution in [3.8, 4) is 0 Å². The first-order valence-corrected chi connectivity index (χ1v) is 6.22. The van der Waals surface area contributed by atoms with Gasteiger partial charge in [0.2, 0.25) is 5.89 Å². The van der Waals surface area contributed by atoms with E-state index < -0.39 is 0 Å². The minimum Gasteiger partial charge on any atom is -0.408 e. The van der Waals surface area contributed by atoms with Crippen LogP contribution in [-0.4, -0.2) is 42.5 Å². The van der Waals surface area contributed by atoms with Gasteiger partial charge in [-0.05, 0) is 19.8 Å². The quantitative estimate of drug-likeness (QED) is 0.783. The zero-order valence-corrected chi connectivity index (χ0v) is 10.3. The number of aromatic nitrogens is 2. The molecule has 0 radical (unpaired) electrons. The summed E-state index contributed by atoms with van der Waals surface area (Å²) < 4.78 is 11.2. The summed E-state index contributed by atoms with van der Waals surface area (Å²) in [6, 6.07) is 0.575. The summed E-state index contributed by atoms with van der Waals surface area (Å²) >= 11 is 0. The molecule has 1 atom stereocenters. The highest BCUT2D eigenvalue weighted by Gasteiger charge is 2.21. The lowest BCUT2D eigenvalue weighted by Gasteiger charge is -2.21. The molecular formula is C11H20N4O2. The Labute approximate surface area is 101 Å². The van der Waals surface area contributed by atoms with Gasteiger partial charge in [0.1, 0.15) is 0 Å². The number of hydrogen-bond donors (Lipinski definition) is 1. The van der Waals surface area contributed by atoms with Crippen molar-refractivity contribution in [3.05, 3.63) is 5.89 Å². The molecule has 1 aromatic rings. The minimum atomic E-state index is 0.291. The van der Waals surface area contributed by atoms with Gasteiger partial charge >= 0.3 is 6.01 Å². The average Bonchev–Trinajstić information content (AvgIpc) is 2.97. The molecule has 0 bridgehead atoms. The number of ether oxygens (including phenoxy) is 1. The number of hydrogen-bond acceptors (Lipinski definition) is 6. The Morgan fingerprint density at radius 1 is 1.47 bits per heavy atom. The monoisotopic (exact) mass is 240 g/mol. The van der Waals surface area contributed by atoms with Gasteiger partial charge in [0.25, 0.3) is 0 Å². The summed E-state index contributed by atoms with van der Waals surface area (Å²) in [4.78, 5) is 2.06. The Morgan fingerprint density at radius 3 is 3.00 bits per heavy atom. The molecule has 6 nitrogen and oxygen atoms in total. The van der Waals surface area contributed by atoms with Crippen LogP contribution in [0.4, 0.5) is 6.01 Å². The molecule has 2 N–H and O–H groups in total. The van der Waals surface area contributed by atoms with Crippen LogP contribution in [0.2, 0.25) is 0 Å². The van der Waals surface area contributed by atoms with Crippen LogP contribution in [0.1, 0.15) is 25.7 Å². The SMILES string of the molecule is CCN(CC1CCCO1)c1nnc(CCN)o1. The van der Waals surface area contributed by atoms with Crippen LogP contribution in [-0.2, 0) is 11.2 Å². The smallest absolute Gasteiger partial charge is 0.318 e. The summed E-state index contributed by atoms with van der Waals surface area (Å²) in [5, 5.41) is 8.02. The second-order valence-electron chi connectivity index (χ2n) is 4.19. The molecule has 17 heavy (non-hydrogen) atoms. The van der Waals surface area contributed by atoms with E-state index in [0.717, 1.165) is 32.5 Å². The fourth-order valence-corrected chi connectivity index (χ4v) is 1.97. The molecule has 0 spiro atoms. The highest BCUT2D eigenvalue weighted by molar-refractivity contribution is 5.24. The lowest BCUT2D eigenvalue weighted by atomic mass is 10.2. The molecule has 0 aliphatic carbocycles. The third-order valence-electron chi connectivity index (χ3n) is 2.91. The van der Waals surface area contributed by atoms with E-state index in [-0.39, 0.29) is 0 Å². The number of nitrogens with zero attached hydrogens (tertiary/aromatic N) is 3.